The van der Waals surface area contributed by atoms with E-state index in [1.165, 1.54) is 12.1 Å². The van der Waals surface area contributed by atoms with E-state index in [1.54, 1.807) is 0 Å². The second kappa shape index (κ2) is 5.51. The number of halogens is 3. The average Bonchev–Trinajstić information content (AvgIpc) is 2.55. The molecular weight excluding hydrogens is 293 g/mol. The maximum Gasteiger partial charge on any atom is 0.416 e. The van der Waals surface area contributed by atoms with Gasteiger partial charge in [0, 0.05) is 11.1 Å². The first-order chi connectivity index (χ1) is 10.5. The van der Waals surface area contributed by atoms with E-state index in [0.717, 1.165) is 17.7 Å². The smallest absolute Gasteiger partial charge is 0.166 e. The molecule has 0 aliphatic heterocycles. The van der Waals surface area contributed by atoms with Crippen LogP contribution in [0.3, 0.4) is 0 Å². The van der Waals surface area contributed by atoms with Crippen LogP contribution in [-0.2, 0) is 6.18 Å². The topological polar surface area (TPSA) is 51.6 Å². The fraction of sp³-hybridized carbons (Fsp3) is 0.0667. The molecule has 0 N–H and O–H groups in total. The van der Waals surface area contributed by atoms with Crippen molar-refractivity contribution in [3.63, 3.8) is 0 Å². The van der Waals surface area contributed by atoms with Gasteiger partial charge in [0.25, 0.3) is 0 Å². The maximum atomic E-state index is 12.5. The number of aromatic nitrogens is 4. The van der Waals surface area contributed by atoms with Crippen LogP contribution in [0, 0.1) is 0 Å². The van der Waals surface area contributed by atoms with Crippen molar-refractivity contribution in [3.8, 4) is 22.8 Å². The van der Waals surface area contributed by atoms with Crippen LogP contribution < -0.4 is 0 Å². The van der Waals surface area contributed by atoms with Gasteiger partial charge >= 0.3 is 6.18 Å². The molecule has 1 heterocycles. The zero-order valence-corrected chi connectivity index (χ0v) is 11.1. The van der Waals surface area contributed by atoms with Crippen LogP contribution in [-0.4, -0.2) is 20.4 Å². The van der Waals surface area contributed by atoms with E-state index in [-0.39, 0.29) is 5.82 Å². The van der Waals surface area contributed by atoms with Crippen LogP contribution in [0.2, 0.25) is 0 Å². The lowest BCUT2D eigenvalue weighted by Gasteiger charge is -2.06. The quantitative estimate of drug-likeness (QED) is 0.725. The Balaban J connectivity index is 1.87. The second-order valence-electron chi connectivity index (χ2n) is 4.49. The van der Waals surface area contributed by atoms with Crippen molar-refractivity contribution in [2.24, 2.45) is 0 Å². The van der Waals surface area contributed by atoms with Crippen LogP contribution in [0.4, 0.5) is 13.2 Å². The Morgan fingerprint density at radius 3 is 1.50 bits per heavy atom. The molecule has 0 fully saturated rings. The zero-order valence-electron chi connectivity index (χ0n) is 11.1. The number of benzene rings is 2. The molecule has 110 valence electrons. The summed E-state index contributed by atoms with van der Waals surface area (Å²) in [5, 5.41) is 15.7. The highest BCUT2D eigenvalue weighted by Crippen LogP contribution is 2.30. The molecule has 0 saturated carbocycles. The third kappa shape index (κ3) is 2.93. The van der Waals surface area contributed by atoms with E-state index in [2.05, 4.69) is 20.4 Å². The van der Waals surface area contributed by atoms with Gasteiger partial charge in [-0.3, -0.25) is 0 Å². The van der Waals surface area contributed by atoms with E-state index in [9.17, 15) is 13.2 Å². The second-order valence-corrected chi connectivity index (χ2v) is 4.49. The normalized spacial score (nSPS) is 11.4. The van der Waals surface area contributed by atoms with Gasteiger partial charge in [-0.25, -0.2) is 0 Å². The summed E-state index contributed by atoms with van der Waals surface area (Å²) in [5.74, 6) is 0.532. The molecule has 0 amide bonds. The summed E-state index contributed by atoms with van der Waals surface area (Å²) in [7, 11) is 0. The predicted molar refractivity (Wildman–Crippen MR) is 73.5 cm³/mol. The van der Waals surface area contributed by atoms with E-state index >= 15 is 0 Å². The van der Waals surface area contributed by atoms with E-state index in [4.69, 9.17) is 0 Å². The molecule has 0 unspecified atom stereocenters. The van der Waals surface area contributed by atoms with E-state index in [1.807, 2.05) is 30.3 Å². The summed E-state index contributed by atoms with van der Waals surface area (Å²) >= 11 is 0. The first kappa shape index (κ1) is 14.1. The third-order valence-electron chi connectivity index (χ3n) is 2.98. The average molecular weight is 302 g/mol. The van der Waals surface area contributed by atoms with Crippen LogP contribution in [0.1, 0.15) is 5.56 Å². The molecule has 7 heteroatoms. The molecule has 0 spiro atoms. The summed E-state index contributed by atoms with van der Waals surface area (Å²) in [6.45, 7) is 0. The van der Waals surface area contributed by atoms with Gasteiger partial charge in [-0.1, -0.05) is 42.5 Å². The van der Waals surface area contributed by atoms with E-state index in [0.29, 0.717) is 11.4 Å². The zero-order chi connectivity index (χ0) is 15.6. The standard InChI is InChI=1S/C15H9F3N4/c16-15(17,18)12-8-6-11(7-9-12)14-21-19-13(20-22-14)10-4-2-1-3-5-10/h1-9H. The van der Waals surface area contributed by atoms with Crippen LogP contribution in [0.25, 0.3) is 22.8 Å². The maximum absolute atomic E-state index is 12.5. The summed E-state index contributed by atoms with van der Waals surface area (Å²) in [6.07, 6.45) is -4.37. The summed E-state index contributed by atoms with van der Waals surface area (Å²) < 4.78 is 37.5. The lowest BCUT2D eigenvalue weighted by atomic mass is 10.1. The number of rotatable bonds is 2. The molecule has 3 aromatic rings. The van der Waals surface area contributed by atoms with Crippen LogP contribution in [0.5, 0.6) is 0 Å². The highest BCUT2D eigenvalue weighted by atomic mass is 19.4. The van der Waals surface area contributed by atoms with Gasteiger partial charge < -0.3 is 0 Å². The predicted octanol–water partition coefficient (Wildman–Crippen LogP) is 3.62. The van der Waals surface area contributed by atoms with Crippen LogP contribution in [0.15, 0.2) is 54.6 Å². The van der Waals surface area contributed by atoms with Gasteiger partial charge in [0.1, 0.15) is 0 Å². The number of alkyl halides is 3. The molecular formula is C15H9F3N4. The van der Waals surface area contributed by atoms with Crippen molar-refractivity contribution < 1.29 is 13.2 Å². The lowest BCUT2D eigenvalue weighted by Crippen LogP contribution is -2.04. The Kier molecular flexibility index (Phi) is 3.54. The lowest BCUT2D eigenvalue weighted by molar-refractivity contribution is -0.137. The van der Waals surface area contributed by atoms with Crippen molar-refractivity contribution in [2.45, 2.75) is 6.18 Å². The molecule has 0 saturated heterocycles. The monoisotopic (exact) mass is 302 g/mol. The molecule has 0 atom stereocenters. The van der Waals surface area contributed by atoms with E-state index < -0.39 is 11.7 Å². The molecule has 1 aromatic heterocycles. The highest BCUT2D eigenvalue weighted by molar-refractivity contribution is 5.57. The number of nitrogens with zero attached hydrogens (tertiary/aromatic N) is 4. The van der Waals surface area contributed by atoms with Gasteiger partial charge in [-0.15, -0.1) is 20.4 Å². The third-order valence-corrected chi connectivity index (χ3v) is 2.98. The van der Waals surface area contributed by atoms with Crippen molar-refractivity contribution in [3.05, 3.63) is 60.2 Å². The van der Waals surface area contributed by atoms with Crippen molar-refractivity contribution in [2.75, 3.05) is 0 Å². The molecule has 0 aliphatic carbocycles. The fourth-order valence-corrected chi connectivity index (χ4v) is 1.86. The minimum absolute atomic E-state index is 0.174. The minimum Gasteiger partial charge on any atom is -0.166 e. The molecule has 2 aromatic carbocycles. The summed E-state index contributed by atoms with van der Waals surface area (Å²) in [6, 6.07) is 13.7. The van der Waals surface area contributed by atoms with Crippen molar-refractivity contribution in [1.29, 1.82) is 0 Å². The SMILES string of the molecule is FC(F)(F)c1ccc(-c2nnc(-c3ccccc3)nn2)cc1. The molecule has 22 heavy (non-hydrogen) atoms. The Morgan fingerprint density at radius 2 is 1.05 bits per heavy atom. The van der Waals surface area contributed by atoms with Gasteiger partial charge in [-0.05, 0) is 12.1 Å². The molecule has 0 bridgehead atoms. The molecule has 4 nitrogen and oxygen atoms in total. The number of hydrogen-bond acceptors (Lipinski definition) is 4. The minimum atomic E-state index is -4.37. The van der Waals surface area contributed by atoms with Gasteiger partial charge in [0.05, 0.1) is 5.56 Å². The number of hydrogen-bond donors (Lipinski definition) is 0. The first-order valence-electron chi connectivity index (χ1n) is 6.34. The molecule has 3 rings (SSSR count). The Morgan fingerprint density at radius 1 is 0.591 bits per heavy atom. The highest BCUT2D eigenvalue weighted by Gasteiger charge is 2.30. The van der Waals surface area contributed by atoms with Crippen LogP contribution >= 0.6 is 0 Å². The Hall–Kier alpha value is -2.83. The van der Waals surface area contributed by atoms with Crippen molar-refractivity contribution in [1.82, 2.24) is 20.4 Å². The van der Waals surface area contributed by atoms with Gasteiger partial charge in [0.15, 0.2) is 0 Å². The molecule has 0 radical (unpaired) electrons. The Labute approximate surface area is 123 Å². The van der Waals surface area contributed by atoms with Gasteiger partial charge in [0.2, 0.25) is 11.6 Å². The fourth-order valence-electron chi connectivity index (χ4n) is 1.86. The van der Waals surface area contributed by atoms with Gasteiger partial charge in [-0.2, -0.15) is 13.2 Å². The summed E-state index contributed by atoms with van der Waals surface area (Å²) in [5.41, 5.74) is 0.465. The summed E-state index contributed by atoms with van der Waals surface area (Å²) in [4.78, 5) is 0. The first-order valence-corrected chi connectivity index (χ1v) is 6.34. The largest absolute Gasteiger partial charge is 0.416 e. The van der Waals surface area contributed by atoms with Crippen molar-refractivity contribution >= 4 is 0 Å². The molecule has 0 aliphatic rings. The Bertz CT molecular complexity index is 754.